The van der Waals surface area contributed by atoms with Gasteiger partial charge in [-0.2, -0.15) is 5.26 Å². The standard InChI is InChI=1S/C5H11NSi/c1-7(2)5-3-4-6/h7H,3,5H2,1-2H3. The molecule has 0 aliphatic heterocycles. The Bertz CT molecular complexity index is 72.6. The van der Waals surface area contributed by atoms with E-state index in [1.807, 2.05) is 0 Å². The smallest absolute Gasteiger partial charge is 0.0618 e. The lowest BCUT2D eigenvalue weighted by molar-refractivity contribution is 1.19. The average Bonchev–Trinajstić information content (AvgIpc) is 1.61. The summed E-state index contributed by atoms with van der Waals surface area (Å²) in [6.07, 6.45) is 0.768. The molecule has 0 saturated heterocycles. The summed E-state index contributed by atoms with van der Waals surface area (Å²) >= 11 is 0. The summed E-state index contributed by atoms with van der Waals surface area (Å²) in [6.45, 7) is 4.52. The maximum Gasteiger partial charge on any atom is 0.0618 e. The number of hydrogen-bond donors (Lipinski definition) is 0. The average molecular weight is 113 g/mol. The summed E-state index contributed by atoms with van der Waals surface area (Å²) in [6, 6.07) is 3.31. The van der Waals surface area contributed by atoms with Gasteiger partial charge in [0.25, 0.3) is 0 Å². The molecule has 0 rings (SSSR count). The molecule has 0 amide bonds. The molecule has 0 aliphatic rings. The van der Waals surface area contributed by atoms with Crippen molar-refractivity contribution in [3.63, 3.8) is 0 Å². The zero-order chi connectivity index (χ0) is 5.70. The second-order valence-corrected chi connectivity index (χ2v) is 5.46. The summed E-state index contributed by atoms with van der Waals surface area (Å²) < 4.78 is 0. The van der Waals surface area contributed by atoms with Crippen LogP contribution in [0.5, 0.6) is 0 Å². The second-order valence-electron chi connectivity index (χ2n) is 2.09. The molecule has 0 radical (unpaired) electrons. The van der Waals surface area contributed by atoms with Crippen LogP contribution < -0.4 is 0 Å². The van der Waals surface area contributed by atoms with Gasteiger partial charge in [-0.15, -0.1) is 0 Å². The van der Waals surface area contributed by atoms with E-state index in [4.69, 9.17) is 5.26 Å². The Balaban J connectivity index is 2.86. The fourth-order valence-corrected chi connectivity index (χ4v) is 1.06. The largest absolute Gasteiger partial charge is 0.198 e. The molecular formula is C5H11NSi. The van der Waals surface area contributed by atoms with Crippen molar-refractivity contribution < 1.29 is 0 Å². The SMILES string of the molecule is C[SiH](C)CCC#N. The highest BCUT2D eigenvalue weighted by Crippen LogP contribution is 1.93. The first-order chi connectivity index (χ1) is 3.27. The van der Waals surface area contributed by atoms with Crippen LogP contribution in [-0.4, -0.2) is 8.80 Å². The maximum atomic E-state index is 8.09. The minimum atomic E-state index is -0.411. The molecule has 0 saturated carbocycles. The van der Waals surface area contributed by atoms with Crippen molar-refractivity contribution in [2.24, 2.45) is 0 Å². The molecule has 2 heteroatoms. The molecule has 0 bridgehead atoms. The molecule has 7 heavy (non-hydrogen) atoms. The first-order valence-corrected chi connectivity index (χ1v) is 5.77. The summed E-state index contributed by atoms with van der Waals surface area (Å²) in [5, 5.41) is 8.09. The maximum absolute atomic E-state index is 8.09. The highest BCUT2D eigenvalue weighted by Gasteiger charge is 1.91. The van der Waals surface area contributed by atoms with E-state index in [2.05, 4.69) is 19.2 Å². The van der Waals surface area contributed by atoms with Gasteiger partial charge in [-0.3, -0.25) is 0 Å². The van der Waals surface area contributed by atoms with Crippen LogP contribution in [0.4, 0.5) is 0 Å². The van der Waals surface area contributed by atoms with Crippen LogP contribution in [0.15, 0.2) is 0 Å². The Hall–Kier alpha value is -0.293. The molecule has 0 aromatic carbocycles. The van der Waals surface area contributed by atoms with E-state index in [1.165, 1.54) is 6.04 Å². The van der Waals surface area contributed by atoms with Gasteiger partial charge in [0.1, 0.15) is 0 Å². The lowest BCUT2D eigenvalue weighted by Gasteiger charge is -1.92. The molecule has 0 unspecified atom stereocenters. The van der Waals surface area contributed by atoms with Crippen molar-refractivity contribution >= 4 is 8.80 Å². The molecule has 0 heterocycles. The highest BCUT2D eigenvalue weighted by molar-refractivity contribution is 6.55. The monoisotopic (exact) mass is 113 g/mol. The highest BCUT2D eigenvalue weighted by atomic mass is 28.3. The second kappa shape index (κ2) is 3.88. The Labute approximate surface area is 46.6 Å². The topological polar surface area (TPSA) is 23.8 Å². The van der Waals surface area contributed by atoms with Crippen molar-refractivity contribution in [3.8, 4) is 6.07 Å². The van der Waals surface area contributed by atoms with Gasteiger partial charge in [-0.25, -0.2) is 0 Å². The zero-order valence-corrected chi connectivity index (χ0v) is 6.09. The number of hydrogen-bond acceptors (Lipinski definition) is 1. The predicted octanol–water partition coefficient (Wildman–Crippen LogP) is 1.39. The van der Waals surface area contributed by atoms with E-state index < -0.39 is 8.80 Å². The van der Waals surface area contributed by atoms with Gasteiger partial charge in [0, 0.05) is 15.2 Å². The molecule has 0 aliphatic carbocycles. The van der Waals surface area contributed by atoms with Crippen LogP contribution in [0.2, 0.25) is 19.1 Å². The summed E-state index contributed by atoms with van der Waals surface area (Å²) in [7, 11) is -0.411. The van der Waals surface area contributed by atoms with E-state index in [0.717, 1.165) is 6.42 Å². The Kier molecular flexibility index (Phi) is 3.72. The molecule has 1 nitrogen and oxygen atoms in total. The third-order valence-corrected chi connectivity index (χ3v) is 2.28. The first kappa shape index (κ1) is 6.71. The fraction of sp³-hybridized carbons (Fsp3) is 0.800. The van der Waals surface area contributed by atoms with Crippen molar-refractivity contribution in [1.82, 2.24) is 0 Å². The van der Waals surface area contributed by atoms with Gasteiger partial charge >= 0.3 is 0 Å². The van der Waals surface area contributed by atoms with Crippen LogP contribution in [-0.2, 0) is 0 Å². The van der Waals surface area contributed by atoms with Crippen LogP contribution in [0.1, 0.15) is 6.42 Å². The molecule has 0 spiro atoms. The Morgan fingerprint density at radius 2 is 2.14 bits per heavy atom. The number of nitrogens with zero attached hydrogens (tertiary/aromatic N) is 1. The number of nitriles is 1. The van der Waals surface area contributed by atoms with Gasteiger partial charge in [0.2, 0.25) is 0 Å². The third-order valence-electron chi connectivity index (χ3n) is 0.833. The Morgan fingerprint density at radius 3 is 2.29 bits per heavy atom. The van der Waals surface area contributed by atoms with Gasteiger partial charge < -0.3 is 0 Å². The van der Waals surface area contributed by atoms with Crippen molar-refractivity contribution in [2.75, 3.05) is 0 Å². The van der Waals surface area contributed by atoms with E-state index >= 15 is 0 Å². The molecule has 0 fully saturated rings. The van der Waals surface area contributed by atoms with E-state index in [1.54, 1.807) is 0 Å². The molecule has 0 N–H and O–H groups in total. The summed E-state index contributed by atoms with van der Waals surface area (Å²) in [5.74, 6) is 0. The molecular weight excluding hydrogens is 102 g/mol. The molecule has 0 aromatic heterocycles. The normalized spacial score (nSPS) is 8.86. The minimum Gasteiger partial charge on any atom is -0.198 e. The lowest BCUT2D eigenvalue weighted by Crippen LogP contribution is -1.96. The van der Waals surface area contributed by atoms with Crippen molar-refractivity contribution in [3.05, 3.63) is 0 Å². The Morgan fingerprint density at radius 1 is 1.57 bits per heavy atom. The zero-order valence-electron chi connectivity index (χ0n) is 4.94. The first-order valence-electron chi connectivity index (χ1n) is 2.64. The molecule has 0 aromatic rings. The quantitative estimate of drug-likeness (QED) is 0.496. The van der Waals surface area contributed by atoms with Crippen molar-refractivity contribution in [2.45, 2.75) is 25.6 Å². The third kappa shape index (κ3) is 5.71. The molecule has 40 valence electrons. The van der Waals surface area contributed by atoms with Crippen molar-refractivity contribution in [1.29, 1.82) is 5.26 Å². The predicted molar refractivity (Wildman–Crippen MR) is 33.9 cm³/mol. The van der Waals surface area contributed by atoms with Gasteiger partial charge in [0.05, 0.1) is 6.07 Å². The van der Waals surface area contributed by atoms with Gasteiger partial charge in [0.15, 0.2) is 0 Å². The van der Waals surface area contributed by atoms with Crippen LogP contribution in [0.25, 0.3) is 0 Å². The molecule has 0 atom stereocenters. The number of rotatable bonds is 2. The fourth-order valence-electron chi connectivity index (χ4n) is 0.353. The van der Waals surface area contributed by atoms with Crippen LogP contribution >= 0.6 is 0 Å². The summed E-state index contributed by atoms with van der Waals surface area (Å²) in [5.41, 5.74) is 0. The van der Waals surface area contributed by atoms with E-state index in [9.17, 15) is 0 Å². The minimum absolute atomic E-state index is 0.411. The van der Waals surface area contributed by atoms with Crippen LogP contribution in [0.3, 0.4) is 0 Å². The van der Waals surface area contributed by atoms with Gasteiger partial charge in [-0.05, 0) is 6.04 Å². The van der Waals surface area contributed by atoms with E-state index in [-0.39, 0.29) is 0 Å². The van der Waals surface area contributed by atoms with Gasteiger partial charge in [-0.1, -0.05) is 13.1 Å². The summed E-state index contributed by atoms with van der Waals surface area (Å²) in [4.78, 5) is 0. The van der Waals surface area contributed by atoms with Crippen LogP contribution in [0, 0.1) is 11.3 Å². The van der Waals surface area contributed by atoms with E-state index in [0.29, 0.717) is 0 Å². The lowest BCUT2D eigenvalue weighted by atomic mass is 10.6.